The summed E-state index contributed by atoms with van der Waals surface area (Å²) in [7, 11) is 0. The number of nitrogens with one attached hydrogen (secondary N) is 1. The molecule has 23 heavy (non-hydrogen) atoms. The molecule has 0 aliphatic carbocycles. The number of thiocarbonyl (C=S) groups is 1. The first-order valence-corrected chi connectivity index (χ1v) is 8.01. The van der Waals surface area contributed by atoms with Gasteiger partial charge in [-0.2, -0.15) is 8.75 Å². The minimum Gasteiger partial charge on any atom is -0.327 e. The molecular weight excluding hydrogens is 328 g/mol. The Labute approximate surface area is 141 Å². The van der Waals surface area contributed by atoms with Gasteiger partial charge in [-0.25, -0.2) is 0 Å². The summed E-state index contributed by atoms with van der Waals surface area (Å²) >= 11 is 6.45. The van der Waals surface area contributed by atoms with Gasteiger partial charge >= 0.3 is 0 Å². The van der Waals surface area contributed by atoms with Crippen molar-refractivity contribution < 1.29 is 4.79 Å². The van der Waals surface area contributed by atoms with Crippen LogP contribution in [0.5, 0.6) is 0 Å². The average molecular weight is 338 g/mol. The Bertz CT molecular complexity index is 949. The van der Waals surface area contributed by atoms with Gasteiger partial charge in [-0.15, -0.1) is 0 Å². The van der Waals surface area contributed by atoms with Crippen LogP contribution in [0, 0.1) is 0 Å². The van der Waals surface area contributed by atoms with E-state index in [2.05, 4.69) is 14.1 Å². The van der Waals surface area contributed by atoms with Crippen LogP contribution in [-0.4, -0.2) is 19.8 Å². The number of rotatable bonds is 2. The topological polar surface area (TPSA) is 58.1 Å². The fraction of sp³-hybridized carbons (Fsp3) is 0. The van der Waals surface area contributed by atoms with Crippen LogP contribution in [0.1, 0.15) is 5.56 Å². The molecular formula is C16H10N4OS2. The first kappa shape index (κ1) is 14.0. The predicted molar refractivity (Wildman–Crippen MR) is 95.1 cm³/mol. The van der Waals surface area contributed by atoms with E-state index in [1.807, 2.05) is 48.5 Å². The molecule has 3 aromatic rings. The van der Waals surface area contributed by atoms with Crippen molar-refractivity contribution in [1.29, 1.82) is 0 Å². The molecule has 1 fully saturated rings. The molecule has 2 heterocycles. The smallest absolute Gasteiger partial charge is 0.281 e. The summed E-state index contributed by atoms with van der Waals surface area (Å²) in [4.78, 5) is 14.2. The van der Waals surface area contributed by atoms with Gasteiger partial charge in [-0.1, -0.05) is 30.3 Å². The number of benzene rings is 2. The number of carbonyl (C=O) groups is 1. The molecule has 4 rings (SSSR count). The molecule has 1 N–H and O–H groups in total. The molecule has 0 unspecified atom stereocenters. The molecule has 0 atom stereocenters. The first-order chi connectivity index (χ1) is 11.2. The van der Waals surface area contributed by atoms with Crippen molar-refractivity contribution in [1.82, 2.24) is 14.1 Å². The molecule has 1 aliphatic rings. The normalized spacial score (nSPS) is 16.3. The zero-order valence-electron chi connectivity index (χ0n) is 11.8. The van der Waals surface area contributed by atoms with E-state index in [9.17, 15) is 4.79 Å². The van der Waals surface area contributed by atoms with E-state index in [-0.39, 0.29) is 5.91 Å². The lowest BCUT2D eigenvalue weighted by Crippen LogP contribution is -2.30. The number of hydrogen-bond acceptors (Lipinski definition) is 5. The van der Waals surface area contributed by atoms with Crippen molar-refractivity contribution in [2.24, 2.45) is 0 Å². The number of nitrogens with zero attached hydrogens (tertiary/aromatic N) is 3. The standard InChI is InChI=1S/C16H10N4OS2/c21-15-13(9-10-5-4-8-12-14(10)19-23-18-12)17-16(22)20(15)11-6-2-1-3-7-11/h1-9H,(H,17,22)/b13-9-. The van der Waals surface area contributed by atoms with Crippen LogP contribution in [0.4, 0.5) is 5.69 Å². The minimum atomic E-state index is -0.179. The lowest BCUT2D eigenvalue weighted by Gasteiger charge is -2.13. The van der Waals surface area contributed by atoms with Gasteiger partial charge in [0.2, 0.25) is 0 Å². The Morgan fingerprint density at radius 1 is 1.09 bits per heavy atom. The second kappa shape index (κ2) is 5.53. The molecule has 2 aromatic carbocycles. The number of fused-ring (bicyclic) bond motifs is 1. The van der Waals surface area contributed by atoms with Gasteiger partial charge in [0.1, 0.15) is 16.7 Å². The third kappa shape index (κ3) is 2.39. The summed E-state index contributed by atoms with van der Waals surface area (Å²) in [6.45, 7) is 0. The zero-order valence-corrected chi connectivity index (χ0v) is 13.4. The molecule has 1 aromatic heterocycles. The molecule has 0 radical (unpaired) electrons. The van der Waals surface area contributed by atoms with Crippen LogP contribution < -0.4 is 10.2 Å². The van der Waals surface area contributed by atoms with Crippen LogP contribution in [0.15, 0.2) is 54.2 Å². The van der Waals surface area contributed by atoms with Gasteiger partial charge < -0.3 is 5.32 Å². The van der Waals surface area contributed by atoms with Crippen molar-refractivity contribution in [2.45, 2.75) is 0 Å². The van der Waals surface area contributed by atoms with Crippen molar-refractivity contribution in [3.8, 4) is 0 Å². The highest BCUT2D eigenvalue weighted by atomic mass is 32.1. The third-order valence-electron chi connectivity index (χ3n) is 3.51. The molecule has 1 aliphatic heterocycles. The SMILES string of the molecule is O=C1/C(=C/c2cccc3nsnc23)NC(=S)N1c1ccccc1. The van der Waals surface area contributed by atoms with Crippen LogP contribution in [-0.2, 0) is 4.79 Å². The summed E-state index contributed by atoms with van der Waals surface area (Å²) in [6, 6.07) is 15.0. The number of hydrogen-bond donors (Lipinski definition) is 1. The van der Waals surface area contributed by atoms with Crippen molar-refractivity contribution in [3.05, 3.63) is 59.8 Å². The second-order valence-electron chi connectivity index (χ2n) is 4.94. The second-order valence-corrected chi connectivity index (χ2v) is 5.86. The summed E-state index contributed by atoms with van der Waals surface area (Å²) in [5.74, 6) is -0.179. The Morgan fingerprint density at radius 2 is 1.91 bits per heavy atom. The van der Waals surface area contributed by atoms with Gasteiger partial charge in [0.05, 0.1) is 17.4 Å². The molecule has 0 spiro atoms. The van der Waals surface area contributed by atoms with Crippen molar-refractivity contribution >= 4 is 57.8 Å². The van der Waals surface area contributed by atoms with E-state index >= 15 is 0 Å². The largest absolute Gasteiger partial charge is 0.327 e. The summed E-state index contributed by atoms with van der Waals surface area (Å²) in [6.07, 6.45) is 1.77. The summed E-state index contributed by atoms with van der Waals surface area (Å²) in [5.41, 5.74) is 3.61. The average Bonchev–Trinajstić information content (AvgIpc) is 3.14. The van der Waals surface area contributed by atoms with Crippen molar-refractivity contribution in [2.75, 3.05) is 4.90 Å². The van der Waals surface area contributed by atoms with Gasteiger partial charge in [-0.3, -0.25) is 9.69 Å². The lowest BCUT2D eigenvalue weighted by atomic mass is 10.1. The van der Waals surface area contributed by atoms with E-state index in [0.717, 1.165) is 34.0 Å². The maximum atomic E-state index is 12.7. The minimum absolute atomic E-state index is 0.179. The van der Waals surface area contributed by atoms with E-state index in [1.54, 1.807) is 6.08 Å². The molecule has 1 saturated heterocycles. The Morgan fingerprint density at radius 3 is 2.74 bits per heavy atom. The predicted octanol–water partition coefficient (Wildman–Crippen LogP) is 2.95. The number of aromatic nitrogens is 2. The summed E-state index contributed by atoms with van der Waals surface area (Å²) in [5, 5.41) is 3.35. The van der Waals surface area contributed by atoms with Gasteiger partial charge in [0.25, 0.3) is 5.91 Å². The van der Waals surface area contributed by atoms with Crippen molar-refractivity contribution in [3.63, 3.8) is 0 Å². The molecule has 112 valence electrons. The number of carbonyl (C=O) groups excluding carboxylic acids is 1. The molecule has 5 nitrogen and oxygen atoms in total. The fourth-order valence-corrected chi connectivity index (χ4v) is 3.30. The fourth-order valence-electron chi connectivity index (χ4n) is 2.45. The van der Waals surface area contributed by atoms with Crippen LogP contribution >= 0.6 is 23.9 Å². The number of para-hydroxylation sites is 1. The van der Waals surface area contributed by atoms with Crippen LogP contribution in [0.3, 0.4) is 0 Å². The molecule has 0 bridgehead atoms. The molecule has 7 heteroatoms. The third-order valence-corrected chi connectivity index (χ3v) is 4.34. The monoisotopic (exact) mass is 338 g/mol. The van der Waals surface area contributed by atoms with E-state index in [4.69, 9.17) is 12.2 Å². The highest BCUT2D eigenvalue weighted by Crippen LogP contribution is 2.24. The maximum absolute atomic E-state index is 12.7. The Kier molecular flexibility index (Phi) is 3.36. The van der Waals surface area contributed by atoms with Gasteiger partial charge in [-0.05, 0) is 36.5 Å². The van der Waals surface area contributed by atoms with Gasteiger partial charge in [0, 0.05) is 5.56 Å². The first-order valence-electron chi connectivity index (χ1n) is 6.87. The maximum Gasteiger partial charge on any atom is 0.281 e. The Hall–Kier alpha value is -2.64. The van der Waals surface area contributed by atoms with Crippen LogP contribution in [0.25, 0.3) is 17.1 Å². The van der Waals surface area contributed by atoms with E-state index in [1.165, 1.54) is 4.90 Å². The molecule has 0 saturated carbocycles. The molecule has 1 amide bonds. The highest BCUT2D eigenvalue weighted by molar-refractivity contribution is 7.80. The Balaban J connectivity index is 1.75. The zero-order chi connectivity index (χ0) is 15.8. The number of amides is 1. The highest BCUT2D eigenvalue weighted by Gasteiger charge is 2.31. The quantitative estimate of drug-likeness (QED) is 0.575. The van der Waals surface area contributed by atoms with Gasteiger partial charge in [0.15, 0.2) is 5.11 Å². The number of anilines is 1. The van der Waals surface area contributed by atoms with E-state index in [0.29, 0.717) is 10.8 Å². The van der Waals surface area contributed by atoms with Crippen LogP contribution in [0.2, 0.25) is 0 Å². The lowest BCUT2D eigenvalue weighted by molar-refractivity contribution is -0.113. The van der Waals surface area contributed by atoms with E-state index < -0.39 is 0 Å². The summed E-state index contributed by atoms with van der Waals surface area (Å²) < 4.78 is 8.49.